The van der Waals surface area contributed by atoms with Crippen molar-refractivity contribution in [2.45, 2.75) is 26.3 Å². The van der Waals surface area contributed by atoms with Crippen LogP contribution in [0.2, 0.25) is 0 Å². The molecule has 1 N–H and O–H groups in total. The topological polar surface area (TPSA) is 32.7 Å². The van der Waals surface area contributed by atoms with Crippen LogP contribution in [0.3, 0.4) is 0 Å². The van der Waals surface area contributed by atoms with Gasteiger partial charge in [-0.2, -0.15) is 0 Å². The first-order chi connectivity index (χ1) is 6.24. The molecule has 0 aromatic carbocycles. The molecule has 0 radical (unpaired) electrons. The van der Waals surface area contributed by atoms with E-state index in [0.29, 0.717) is 12.0 Å². The first-order valence-electron chi connectivity index (χ1n) is 5.16. The van der Waals surface area contributed by atoms with Gasteiger partial charge in [0.15, 0.2) is 0 Å². The normalized spacial score (nSPS) is 23.3. The van der Waals surface area contributed by atoms with Gasteiger partial charge in [0.2, 0.25) is 0 Å². The number of aliphatic hydroxyl groups excluding tert-OH is 1. The van der Waals surface area contributed by atoms with Gasteiger partial charge in [0.1, 0.15) is 0 Å². The maximum atomic E-state index is 8.93. The third-order valence-corrected chi connectivity index (χ3v) is 2.41. The standard InChI is InChI=1S/C10H21NO2/c1-9(2)7-11(4-5-12)10-3-6-13-8-10/h9-10,12H,3-8H2,1-2H3/t10-/m1/s1. The Kier molecular flexibility index (Phi) is 4.70. The lowest BCUT2D eigenvalue weighted by molar-refractivity contribution is 0.114. The third-order valence-electron chi connectivity index (χ3n) is 2.41. The Morgan fingerprint density at radius 2 is 2.31 bits per heavy atom. The van der Waals surface area contributed by atoms with Gasteiger partial charge in [-0.25, -0.2) is 0 Å². The first-order valence-corrected chi connectivity index (χ1v) is 5.16. The highest BCUT2D eigenvalue weighted by molar-refractivity contribution is 4.76. The van der Waals surface area contributed by atoms with Crippen molar-refractivity contribution in [2.24, 2.45) is 5.92 Å². The summed E-state index contributed by atoms with van der Waals surface area (Å²) in [7, 11) is 0. The molecule has 0 spiro atoms. The second kappa shape index (κ2) is 5.58. The SMILES string of the molecule is CC(C)CN(CCO)[C@@H]1CCOC1. The van der Waals surface area contributed by atoms with Gasteiger partial charge in [0.25, 0.3) is 0 Å². The summed E-state index contributed by atoms with van der Waals surface area (Å²) in [4.78, 5) is 2.34. The van der Waals surface area contributed by atoms with E-state index in [2.05, 4.69) is 18.7 Å². The van der Waals surface area contributed by atoms with Gasteiger partial charge in [-0.05, 0) is 12.3 Å². The first kappa shape index (κ1) is 11.0. The molecular formula is C10H21NO2. The van der Waals surface area contributed by atoms with Gasteiger partial charge in [-0.15, -0.1) is 0 Å². The Morgan fingerprint density at radius 3 is 2.77 bits per heavy atom. The van der Waals surface area contributed by atoms with Crippen molar-refractivity contribution in [3.63, 3.8) is 0 Å². The molecule has 78 valence electrons. The van der Waals surface area contributed by atoms with E-state index in [0.717, 1.165) is 32.7 Å². The molecule has 0 bridgehead atoms. The number of nitrogens with zero attached hydrogens (tertiary/aromatic N) is 1. The van der Waals surface area contributed by atoms with E-state index in [4.69, 9.17) is 9.84 Å². The number of rotatable bonds is 5. The zero-order valence-corrected chi connectivity index (χ0v) is 8.70. The van der Waals surface area contributed by atoms with Gasteiger partial charge in [-0.1, -0.05) is 13.8 Å². The van der Waals surface area contributed by atoms with Crippen LogP contribution in [-0.4, -0.2) is 49.0 Å². The highest BCUT2D eigenvalue weighted by Gasteiger charge is 2.22. The molecule has 0 aromatic rings. The van der Waals surface area contributed by atoms with E-state index >= 15 is 0 Å². The van der Waals surface area contributed by atoms with Crippen molar-refractivity contribution in [3.05, 3.63) is 0 Å². The molecule has 3 nitrogen and oxygen atoms in total. The number of hydrogen-bond donors (Lipinski definition) is 1. The Labute approximate surface area is 80.7 Å². The Hall–Kier alpha value is -0.120. The molecule has 1 aliphatic heterocycles. The van der Waals surface area contributed by atoms with Crippen LogP contribution in [-0.2, 0) is 4.74 Å². The summed E-state index contributed by atoms with van der Waals surface area (Å²) < 4.78 is 5.34. The highest BCUT2D eigenvalue weighted by atomic mass is 16.5. The van der Waals surface area contributed by atoms with Crippen molar-refractivity contribution in [2.75, 3.05) is 32.9 Å². The Bertz CT molecular complexity index is 133. The number of hydrogen-bond acceptors (Lipinski definition) is 3. The quantitative estimate of drug-likeness (QED) is 0.688. The molecule has 0 saturated carbocycles. The predicted octanol–water partition coefficient (Wildman–Crippen LogP) is 0.726. The predicted molar refractivity (Wildman–Crippen MR) is 52.7 cm³/mol. The highest BCUT2D eigenvalue weighted by Crippen LogP contribution is 2.13. The lowest BCUT2D eigenvalue weighted by Gasteiger charge is -2.28. The van der Waals surface area contributed by atoms with E-state index in [1.807, 2.05) is 0 Å². The minimum Gasteiger partial charge on any atom is -0.395 e. The molecule has 13 heavy (non-hydrogen) atoms. The Balaban J connectivity index is 2.35. The van der Waals surface area contributed by atoms with Gasteiger partial charge in [0.05, 0.1) is 13.2 Å². The molecule has 1 heterocycles. The van der Waals surface area contributed by atoms with Crippen LogP contribution in [0.1, 0.15) is 20.3 Å². The van der Waals surface area contributed by atoms with E-state index in [1.165, 1.54) is 0 Å². The van der Waals surface area contributed by atoms with E-state index in [1.54, 1.807) is 0 Å². The third kappa shape index (κ3) is 3.63. The van der Waals surface area contributed by atoms with Crippen LogP contribution in [0.5, 0.6) is 0 Å². The van der Waals surface area contributed by atoms with Crippen molar-refractivity contribution >= 4 is 0 Å². The second-order valence-corrected chi connectivity index (χ2v) is 4.13. The number of ether oxygens (including phenoxy) is 1. The molecule has 0 aromatic heterocycles. The molecule has 1 aliphatic rings. The fraction of sp³-hybridized carbons (Fsp3) is 1.00. The maximum Gasteiger partial charge on any atom is 0.0622 e. The molecule has 0 aliphatic carbocycles. The van der Waals surface area contributed by atoms with E-state index in [9.17, 15) is 0 Å². The van der Waals surface area contributed by atoms with Crippen molar-refractivity contribution < 1.29 is 9.84 Å². The van der Waals surface area contributed by atoms with Crippen LogP contribution in [0.25, 0.3) is 0 Å². The summed E-state index contributed by atoms with van der Waals surface area (Å²) in [6, 6.07) is 0.537. The molecule has 1 rings (SSSR count). The van der Waals surface area contributed by atoms with Crippen LogP contribution >= 0.6 is 0 Å². The molecule has 1 atom stereocenters. The molecule has 1 saturated heterocycles. The zero-order valence-electron chi connectivity index (χ0n) is 8.70. The van der Waals surface area contributed by atoms with Crippen LogP contribution in [0.4, 0.5) is 0 Å². The summed E-state index contributed by atoms with van der Waals surface area (Å²) in [5.74, 6) is 0.659. The summed E-state index contributed by atoms with van der Waals surface area (Å²) >= 11 is 0. The van der Waals surface area contributed by atoms with E-state index in [-0.39, 0.29) is 6.61 Å². The van der Waals surface area contributed by atoms with Crippen molar-refractivity contribution in [3.8, 4) is 0 Å². The van der Waals surface area contributed by atoms with Crippen LogP contribution in [0, 0.1) is 5.92 Å². The summed E-state index contributed by atoms with van der Waals surface area (Å²) in [5, 5.41) is 8.93. The second-order valence-electron chi connectivity index (χ2n) is 4.13. The summed E-state index contributed by atoms with van der Waals surface area (Å²) in [6.45, 7) is 8.24. The van der Waals surface area contributed by atoms with E-state index < -0.39 is 0 Å². The zero-order chi connectivity index (χ0) is 9.68. The van der Waals surface area contributed by atoms with Gasteiger partial charge >= 0.3 is 0 Å². The lowest BCUT2D eigenvalue weighted by Crippen LogP contribution is -2.40. The molecule has 0 unspecified atom stereocenters. The average Bonchev–Trinajstić information content (AvgIpc) is 2.54. The molecule has 1 fully saturated rings. The molecular weight excluding hydrogens is 166 g/mol. The number of aliphatic hydroxyl groups is 1. The molecule has 3 heteroatoms. The lowest BCUT2D eigenvalue weighted by atomic mass is 10.1. The average molecular weight is 187 g/mol. The summed E-state index contributed by atoms with van der Waals surface area (Å²) in [5.41, 5.74) is 0. The van der Waals surface area contributed by atoms with Gasteiger partial charge < -0.3 is 9.84 Å². The van der Waals surface area contributed by atoms with Crippen LogP contribution in [0.15, 0.2) is 0 Å². The minimum absolute atomic E-state index is 0.253. The van der Waals surface area contributed by atoms with Crippen molar-refractivity contribution in [1.29, 1.82) is 0 Å². The summed E-state index contributed by atoms with van der Waals surface area (Å²) in [6.07, 6.45) is 1.12. The maximum absolute atomic E-state index is 8.93. The van der Waals surface area contributed by atoms with Gasteiger partial charge in [-0.3, -0.25) is 4.90 Å². The minimum atomic E-state index is 0.253. The fourth-order valence-electron chi connectivity index (χ4n) is 1.83. The molecule has 0 amide bonds. The smallest absolute Gasteiger partial charge is 0.0622 e. The van der Waals surface area contributed by atoms with Gasteiger partial charge in [0, 0.05) is 25.7 Å². The fourth-order valence-corrected chi connectivity index (χ4v) is 1.83. The largest absolute Gasteiger partial charge is 0.395 e. The monoisotopic (exact) mass is 187 g/mol. The van der Waals surface area contributed by atoms with Crippen LogP contribution < -0.4 is 0 Å². The van der Waals surface area contributed by atoms with Crippen molar-refractivity contribution in [1.82, 2.24) is 4.90 Å². The Morgan fingerprint density at radius 1 is 1.54 bits per heavy atom.